The second-order valence-corrected chi connectivity index (χ2v) is 4.43. The van der Waals surface area contributed by atoms with Crippen LogP contribution in [0.15, 0.2) is 67.0 Å². The van der Waals surface area contributed by atoms with Crippen molar-refractivity contribution in [2.75, 3.05) is 5.32 Å². The summed E-state index contributed by atoms with van der Waals surface area (Å²) in [5.41, 5.74) is 1.50. The second-order valence-electron chi connectivity index (χ2n) is 4.43. The van der Waals surface area contributed by atoms with E-state index < -0.39 is 11.7 Å². The molecule has 1 N–H and O–H groups in total. The van der Waals surface area contributed by atoms with Crippen molar-refractivity contribution in [3.05, 3.63) is 78.4 Å². The topological polar surface area (TPSA) is 46.9 Å². The van der Waals surface area contributed by atoms with Gasteiger partial charge in [-0.2, -0.15) is 5.10 Å². The Kier molecular flexibility index (Phi) is 3.47. The van der Waals surface area contributed by atoms with Crippen LogP contribution in [-0.2, 0) is 0 Å². The molecule has 0 saturated carbocycles. The van der Waals surface area contributed by atoms with Crippen molar-refractivity contribution < 1.29 is 9.18 Å². The summed E-state index contributed by atoms with van der Waals surface area (Å²) < 4.78 is 15.2. The summed E-state index contributed by atoms with van der Waals surface area (Å²) in [6.07, 6.45) is 3.51. The van der Waals surface area contributed by atoms with Crippen LogP contribution in [0.3, 0.4) is 0 Å². The summed E-state index contributed by atoms with van der Waals surface area (Å²) in [5, 5.41) is 6.78. The summed E-state index contributed by atoms with van der Waals surface area (Å²) in [7, 11) is 0. The number of hydrogen-bond acceptors (Lipinski definition) is 2. The molecule has 5 heteroatoms. The molecule has 0 aliphatic heterocycles. The number of rotatable bonds is 3. The van der Waals surface area contributed by atoms with E-state index in [1.54, 1.807) is 35.1 Å². The average molecular weight is 281 g/mol. The molecule has 4 nitrogen and oxygen atoms in total. The third-order valence-corrected chi connectivity index (χ3v) is 3.01. The number of carbonyl (C=O) groups is 1. The molecule has 0 unspecified atom stereocenters. The first kappa shape index (κ1) is 13.1. The van der Waals surface area contributed by atoms with E-state index in [4.69, 9.17) is 0 Å². The highest BCUT2D eigenvalue weighted by atomic mass is 19.1. The fourth-order valence-corrected chi connectivity index (χ4v) is 1.96. The Morgan fingerprint density at radius 3 is 2.48 bits per heavy atom. The van der Waals surface area contributed by atoms with E-state index >= 15 is 0 Å². The average Bonchev–Trinajstić information content (AvgIpc) is 3.02. The van der Waals surface area contributed by atoms with Crippen LogP contribution in [0.25, 0.3) is 5.69 Å². The molecule has 0 fully saturated rings. The number of aromatic nitrogens is 2. The minimum absolute atomic E-state index is 0.0219. The Bertz CT molecular complexity index is 751. The van der Waals surface area contributed by atoms with Crippen molar-refractivity contribution in [3.8, 4) is 5.69 Å². The molecule has 2 aromatic carbocycles. The maximum atomic E-state index is 13.5. The minimum Gasteiger partial charge on any atom is -0.322 e. The van der Waals surface area contributed by atoms with Crippen molar-refractivity contribution in [3.63, 3.8) is 0 Å². The van der Waals surface area contributed by atoms with E-state index in [0.717, 1.165) is 5.69 Å². The molecule has 0 aliphatic carbocycles. The summed E-state index contributed by atoms with van der Waals surface area (Å²) >= 11 is 0. The van der Waals surface area contributed by atoms with Crippen molar-refractivity contribution in [2.45, 2.75) is 0 Å². The number of anilines is 1. The maximum absolute atomic E-state index is 13.5. The third kappa shape index (κ3) is 2.81. The molecule has 1 heterocycles. The Morgan fingerprint density at radius 2 is 1.81 bits per heavy atom. The van der Waals surface area contributed by atoms with Gasteiger partial charge in [-0.1, -0.05) is 12.1 Å². The summed E-state index contributed by atoms with van der Waals surface area (Å²) in [5.74, 6) is -1.01. The van der Waals surface area contributed by atoms with Crippen LogP contribution in [-0.4, -0.2) is 15.7 Å². The van der Waals surface area contributed by atoms with Gasteiger partial charge in [-0.3, -0.25) is 4.79 Å². The summed E-state index contributed by atoms with van der Waals surface area (Å²) in [6, 6.07) is 14.8. The fourth-order valence-electron chi connectivity index (χ4n) is 1.96. The van der Waals surface area contributed by atoms with Crippen LogP contribution in [0.2, 0.25) is 0 Å². The van der Waals surface area contributed by atoms with E-state index in [0.29, 0.717) is 5.69 Å². The van der Waals surface area contributed by atoms with Gasteiger partial charge in [0.2, 0.25) is 0 Å². The summed E-state index contributed by atoms with van der Waals surface area (Å²) in [4.78, 5) is 12.0. The first-order valence-corrected chi connectivity index (χ1v) is 6.40. The van der Waals surface area contributed by atoms with Gasteiger partial charge in [0.15, 0.2) is 0 Å². The Labute approximate surface area is 120 Å². The van der Waals surface area contributed by atoms with Crippen molar-refractivity contribution in [2.24, 2.45) is 0 Å². The van der Waals surface area contributed by atoms with Gasteiger partial charge in [-0.15, -0.1) is 0 Å². The van der Waals surface area contributed by atoms with Crippen molar-refractivity contribution in [1.29, 1.82) is 0 Å². The van der Waals surface area contributed by atoms with Crippen LogP contribution in [0.4, 0.5) is 10.1 Å². The number of nitrogens with one attached hydrogen (secondary N) is 1. The van der Waals surface area contributed by atoms with E-state index in [1.165, 1.54) is 12.1 Å². The molecular weight excluding hydrogens is 269 g/mol. The van der Waals surface area contributed by atoms with Crippen LogP contribution in [0, 0.1) is 5.82 Å². The van der Waals surface area contributed by atoms with Crippen molar-refractivity contribution >= 4 is 11.6 Å². The molecular formula is C16H12FN3O. The maximum Gasteiger partial charge on any atom is 0.258 e. The van der Waals surface area contributed by atoms with Gasteiger partial charge in [0.05, 0.1) is 11.3 Å². The SMILES string of the molecule is O=C(Nc1ccc(-n2cccn2)cc1)c1ccccc1F. The number of nitrogens with zero attached hydrogens (tertiary/aromatic N) is 2. The van der Waals surface area contributed by atoms with Crippen LogP contribution < -0.4 is 5.32 Å². The zero-order valence-corrected chi connectivity index (χ0v) is 11.0. The zero-order valence-electron chi connectivity index (χ0n) is 11.0. The largest absolute Gasteiger partial charge is 0.322 e. The van der Waals surface area contributed by atoms with Crippen LogP contribution >= 0.6 is 0 Å². The first-order chi connectivity index (χ1) is 10.2. The van der Waals surface area contributed by atoms with Gasteiger partial charge in [0.1, 0.15) is 5.82 Å². The van der Waals surface area contributed by atoms with Gasteiger partial charge < -0.3 is 5.32 Å². The molecule has 0 radical (unpaired) electrons. The zero-order chi connectivity index (χ0) is 14.7. The molecule has 1 amide bonds. The lowest BCUT2D eigenvalue weighted by molar-refractivity contribution is 0.102. The Balaban J connectivity index is 1.77. The fraction of sp³-hybridized carbons (Fsp3) is 0. The van der Waals surface area contributed by atoms with E-state index in [1.807, 2.05) is 24.4 Å². The van der Waals surface area contributed by atoms with E-state index in [9.17, 15) is 9.18 Å². The Morgan fingerprint density at radius 1 is 1.05 bits per heavy atom. The molecule has 1 aromatic heterocycles. The Hall–Kier alpha value is -2.95. The molecule has 104 valence electrons. The van der Waals surface area contributed by atoms with E-state index in [2.05, 4.69) is 10.4 Å². The normalized spacial score (nSPS) is 10.3. The summed E-state index contributed by atoms with van der Waals surface area (Å²) in [6.45, 7) is 0. The number of halogens is 1. The first-order valence-electron chi connectivity index (χ1n) is 6.40. The predicted octanol–water partition coefficient (Wildman–Crippen LogP) is 3.26. The van der Waals surface area contributed by atoms with Crippen LogP contribution in [0.5, 0.6) is 0 Å². The smallest absolute Gasteiger partial charge is 0.258 e. The van der Waals surface area contributed by atoms with E-state index in [-0.39, 0.29) is 5.56 Å². The van der Waals surface area contributed by atoms with Crippen LogP contribution in [0.1, 0.15) is 10.4 Å². The predicted molar refractivity (Wildman–Crippen MR) is 77.9 cm³/mol. The molecule has 0 aliphatic rings. The lowest BCUT2D eigenvalue weighted by Gasteiger charge is -2.07. The van der Waals surface area contributed by atoms with Gasteiger partial charge in [0.25, 0.3) is 5.91 Å². The highest BCUT2D eigenvalue weighted by Crippen LogP contribution is 2.15. The van der Waals surface area contributed by atoms with Gasteiger partial charge in [-0.05, 0) is 42.5 Å². The highest BCUT2D eigenvalue weighted by Gasteiger charge is 2.10. The molecule has 21 heavy (non-hydrogen) atoms. The quantitative estimate of drug-likeness (QED) is 0.801. The third-order valence-electron chi connectivity index (χ3n) is 3.01. The lowest BCUT2D eigenvalue weighted by atomic mass is 10.2. The van der Waals surface area contributed by atoms with Gasteiger partial charge >= 0.3 is 0 Å². The number of benzene rings is 2. The highest BCUT2D eigenvalue weighted by molar-refractivity contribution is 6.04. The van der Waals surface area contributed by atoms with Crippen molar-refractivity contribution in [1.82, 2.24) is 9.78 Å². The molecule has 3 aromatic rings. The molecule has 0 saturated heterocycles. The second kappa shape index (κ2) is 5.58. The lowest BCUT2D eigenvalue weighted by Crippen LogP contribution is -2.13. The minimum atomic E-state index is -0.539. The number of amides is 1. The monoisotopic (exact) mass is 281 g/mol. The molecule has 3 rings (SSSR count). The molecule has 0 bridgehead atoms. The van der Waals surface area contributed by atoms with Gasteiger partial charge in [-0.25, -0.2) is 9.07 Å². The standard InChI is InChI=1S/C16H12FN3O/c17-15-5-2-1-4-14(15)16(21)19-12-6-8-13(9-7-12)20-11-3-10-18-20/h1-11H,(H,19,21). The molecule has 0 spiro atoms. The van der Waals surface area contributed by atoms with Gasteiger partial charge in [0, 0.05) is 18.1 Å². The number of hydrogen-bond donors (Lipinski definition) is 1. The number of carbonyl (C=O) groups excluding carboxylic acids is 1. The molecule has 0 atom stereocenters.